The van der Waals surface area contributed by atoms with Crippen molar-refractivity contribution in [2.24, 2.45) is 0 Å². The standard InChI is InChI=1S/C11H9F5O3/c1-6(17)4-7-2-3-8(19-11(14,15)16)9(5-7)18-10(12)13/h2-3,5,10H,4H2,1H3. The minimum atomic E-state index is -5.03. The van der Waals surface area contributed by atoms with Crippen LogP contribution < -0.4 is 9.47 Å². The van der Waals surface area contributed by atoms with Crippen LogP contribution in [0.4, 0.5) is 22.0 Å². The zero-order valence-corrected chi connectivity index (χ0v) is 9.63. The molecule has 106 valence electrons. The Balaban J connectivity index is 3.05. The third-order valence-corrected chi connectivity index (χ3v) is 1.90. The first-order chi connectivity index (χ1) is 8.67. The Morgan fingerprint density at radius 1 is 1.26 bits per heavy atom. The van der Waals surface area contributed by atoms with Crippen LogP contribution in [-0.2, 0) is 11.2 Å². The Morgan fingerprint density at radius 2 is 1.89 bits per heavy atom. The fraction of sp³-hybridized carbons (Fsp3) is 0.364. The fourth-order valence-electron chi connectivity index (χ4n) is 1.35. The van der Waals surface area contributed by atoms with Crippen molar-refractivity contribution in [3.63, 3.8) is 0 Å². The molecule has 1 rings (SSSR count). The van der Waals surface area contributed by atoms with Crippen molar-refractivity contribution in [3.8, 4) is 11.5 Å². The van der Waals surface area contributed by atoms with Gasteiger partial charge in [0.05, 0.1) is 0 Å². The van der Waals surface area contributed by atoms with Crippen LogP contribution in [0, 0.1) is 0 Å². The first-order valence-electron chi connectivity index (χ1n) is 5.00. The molecule has 0 amide bonds. The summed E-state index contributed by atoms with van der Waals surface area (Å²) in [5, 5.41) is 0. The molecule has 0 aliphatic carbocycles. The van der Waals surface area contributed by atoms with Gasteiger partial charge in [-0.2, -0.15) is 8.78 Å². The van der Waals surface area contributed by atoms with Crippen LogP contribution in [0.25, 0.3) is 0 Å². The third-order valence-electron chi connectivity index (χ3n) is 1.90. The summed E-state index contributed by atoms with van der Waals surface area (Å²) in [5.41, 5.74) is 0.248. The van der Waals surface area contributed by atoms with Gasteiger partial charge in [-0.05, 0) is 24.6 Å². The van der Waals surface area contributed by atoms with Crippen LogP contribution in [0.3, 0.4) is 0 Å². The molecule has 0 heterocycles. The number of hydrogen-bond donors (Lipinski definition) is 0. The molecule has 0 N–H and O–H groups in total. The van der Waals surface area contributed by atoms with Crippen LogP contribution in [0.1, 0.15) is 12.5 Å². The van der Waals surface area contributed by atoms with Crippen molar-refractivity contribution in [3.05, 3.63) is 23.8 Å². The number of carbonyl (C=O) groups excluding carboxylic acids is 1. The maximum Gasteiger partial charge on any atom is 0.573 e. The van der Waals surface area contributed by atoms with Gasteiger partial charge < -0.3 is 9.47 Å². The minimum Gasteiger partial charge on any atom is -0.431 e. The van der Waals surface area contributed by atoms with E-state index < -0.39 is 24.5 Å². The molecule has 8 heteroatoms. The number of ketones is 1. The van der Waals surface area contributed by atoms with Crippen molar-refractivity contribution in [2.75, 3.05) is 0 Å². The lowest BCUT2D eigenvalue weighted by Gasteiger charge is -2.14. The number of benzene rings is 1. The quantitative estimate of drug-likeness (QED) is 0.778. The van der Waals surface area contributed by atoms with Gasteiger partial charge in [0.25, 0.3) is 0 Å². The first-order valence-corrected chi connectivity index (χ1v) is 5.00. The number of halogens is 5. The number of ether oxygens (including phenoxy) is 2. The summed E-state index contributed by atoms with van der Waals surface area (Å²) in [5.74, 6) is -1.93. The van der Waals surface area contributed by atoms with Crippen molar-refractivity contribution < 1.29 is 36.2 Å². The molecule has 3 nitrogen and oxygen atoms in total. The highest BCUT2D eigenvalue weighted by molar-refractivity contribution is 5.78. The molecule has 1 aromatic rings. The first kappa shape index (κ1) is 15.2. The van der Waals surface area contributed by atoms with Gasteiger partial charge in [0, 0.05) is 6.42 Å². The Kier molecular flexibility index (Phi) is 4.68. The molecular weight excluding hydrogens is 275 g/mol. The highest BCUT2D eigenvalue weighted by Crippen LogP contribution is 2.34. The molecule has 19 heavy (non-hydrogen) atoms. The summed E-state index contributed by atoms with van der Waals surface area (Å²) < 4.78 is 67.8. The maximum absolute atomic E-state index is 12.1. The monoisotopic (exact) mass is 284 g/mol. The summed E-state index contributed by atoms with van der Waals surface area (Å²) >= 11 is 0. The Hall–Kier alpha value is -1.86. The summed E-state index contributed by atoms with van der Waals surface area (Å²) in [6.07, 6.45) is -5.13. The van der Waals surface area contributed by atoms with Crippen LogP contribution >= 0.6 is 0 Å². The van der Waals surface area contributed by atoms with Crippen molar-refractivity contribution >= 4 is 5.78 Å². The predicted octanol–water partition coefficient (Wildman–Crippen LogP) is 3.32. The van der Waals surface area contributed by atoms with Crippen LogP contribution in [0.15, 0.2) is 18.2 Å². The summed E-state index contributed by atoms with van der Waals surface area (Å²) in [7, 11) is 0. The van der Waals surface area contributed by atoms with E-state index in [4.69, 9.17) is 0 Å². The summed E-state index contributed by atoms with van der Waals surface area (Å²) in [4.78, 5) is 10.9. The Morgan fingerprint density at radius 3 is 2.37 bits per heavy atom. The van der Waals surface area contributed by atoms with E-state index in [1.54, 1.807) is 0 Å². The van der Waals surface area contributed by atoms with E-state index in [1.807, 2.05) is 0 Å². The average Bonchev–Trinajstić information content (AvgIpc) is 2.18. The van der Waals surface area contributed by atoms with Gasteiger partial charge in [-0.25, -0.2) is 0 Å². The SMILES string of the molecule is CC(=O)Cc1ccc(OC(F)(F)F)c(OC(F)F)c1. The van der Waals surface area contributed by atoms with Crippen LogP contribution in [0.2, 0.25) is 0 Å². The molecule has 0 aliphatic heterocycles. The average molecular weight is 284 g/mol. The van der Waals surface area contributed by atoms with Crippen molar-refractivity contribution in [2.45, 2.75) is 26.3 Å². The molecular formula is C11H9F5O3. The van der Waals surface area contributed by atoms with Crippen molar-refractivity contribution in [1.29, 1.82) is 0 Å². The largest absolute Gasteiger partial charge is 0.573 e. The van der Waals surface area contributed by atoms with E-state index in [1.165, 1.54) is 13.0 Å². The summed E-state index contributed by atoms with van der Waals surface area (Å²) in [6.45, 7) is -2.04. The highest BCUT2D eigenvalue weighted by Gasteiger charge is 2.33. The van der Waals surface area contributed by atoms with Gasteiger partial charge in [0.2, 0.25) is 0 Å². The number of carbonyl (C=O) groups is 1. The van der Waals surface area contributed by atoms with Gasteiger partial charge in [-0.3, -0.25) is 4.79 Å². The smallest absolute Gasteiger partial charge is 0.431 e. The molecule has 0 aliphatic rings. The molecule has 0 saturated heterocycles. The molecule has 0 bridgehead atoms. The van der Waals surface area contributed by atoms with E-state index in [0.717, 1.165) is 12.1 Å². The number of hydrogen-bond acceptors (Lipinski definition) is 3. The van der Waals surface area contributed by atoms with E-state index >= 15 is 0 Å². The molecule has 0 unspecified atom stereocenters. The molecule has 0 aromatic heterocycles. The van der Waals surface area contributed by atoms with Gasteiger partial charge in [-0.15, -0.1) is 13.2 Å². The molecule has 0 atom stereocenters. The van der Waals surface area contributed by atoms with E-state index in [9.17, 15) is 26.7 Å². The van der Waals surface area contributed by atoms with Gasteiger partial charge in [0.15, 0.2) is 11.5 Å². The highest BCUT2D eigenvalue weighted by atomic mass is 19.4. The van der Waals surface area contributed by atoms with Gasteiger partial charge in [0.1, 0.15) is 5.78 Å². The maximum atomic E-state index is 12.1. The number of Topliss-reactive ketones (excluding diaryl/α,β-unsaturated/α-hetero) is 1. The van der Waals surface area contributed by atoms with Crippen molar-refractivity contribution in [1.82, 2.24) is 0 Å². The number of alkyl halides is 5. The second-order valence-corrected chi connectivity index (χ2v) is 3.59. The molecule has 0 radical (unpaired) electrons. The lowest BCUT2D eigenvalue weighted by molar-refractivity contribution is -0.275. The van der Waals surface area contributed by atoms with E-state index in [2.05, 4.69) is 9.47 Å². The van der Waals surface area contributed by atoms with Crippen LogP contribution in [-0.4, -0.2) is 18.8 Å². The normalized spacial score (nSPS) is 11.5. The Labute approximate surface area is 104 Å². The minimum absolute atomic E-state index is 0.105. The zero-order chi connectivity index (χ0) is 14.6. The second-order valence-electron chi connectivity index (χ2n) is 3.59. The van der Waals surface area contributed by atoms with Gasteiger partial charge in [-0.1, -0.05) is 6.07 Å². The Bertz CT molecular complexity index is 456. The fourth-order valence-corrected chi connectivity index (χ4v) is 1.35. The molecule has 0 spiro atoms. The third kappa shape index (κ3) is 5.54. The van der Waals surface area contributed by atoms with Gasteiger partial charge >= 0.3 is 13.0 Å². The molecule has 0 saturated carbocycles. The van der Waals surface area contributed by atoms with E-state index in [0.29, 0.717) is 0 Å². The number of rotatable bonds is 5. The lowest BCUT2D eigenvalue weighted by Crippen LogP contribution is -2.18. The summed E-state index contributed by atoms with van der Waals surface area (Å²) in [6, 6.07) is 2.90. The second kappa shape index (κ2) is 5.85. The topological polar surface area (TPSA) is 35.5 Å². The predicted molar refractivity (Wildman–Crippen MR) is 54.1 cm³/mol. The lowest BCUT2D eigenvalue weighted by atomic mass is 10.1. The van der Waals surface area contributed by atoms with E-state index in [-0.39, 0.29) is 17.8 Å². The molecule has 1 aromatic carbocycles. The molecule has 0 fully saturated rings. The van der Waals surface area contributed by atoms with Crippen LogP contribution in [0.5, 0.6) is 11.5 Å². The zero-order valence-electron chi connectivity index (χ0n) is 9.63.